The lowest BCUT2D eigenvalue weighted by molar-refractivity contribution is -0.139. The number of pyridine rings is 1. The van der Waals surface area contributed by atoms with E-state index in [0.29, 0.717) is 0 Å². The highest BCUT2D eigenvalue weighted by atomic mass is 19.4. The number of carbonyl (C=O) groups excluding carboxylic acids is 2. The number of nitrogens with two attached hydrogens (primary N) is 1. The van der Waals surface area contributed by atoms with Gasteiger partial charge in [0.2, 0.25) is 11.8 Å². The van der Waals surface area contributed by atoms with Gasteiger partial charge in [-0.3, -0.25) is 14.6 Å². The van der Waals surface area contributed by atoms with E-state index in [1.807, 2.05) is 0 Å². The van der Waals surface area contributed by atoms with E-state index in [9.17, 15) is 35.9 Å². The number of amides is 2. The summed E-state index contributed by atoms with van der Waals surface area (Å²) in [5.41, 5.74) is 4.47. The Morgan fingerprint density at radius 1 is 1.12 bits per heavy atom. The normalized spacial score (nSPS) is 21.6. The van der Waals surface area contributed by atoms with Crippen molar-refractivity contribution in [2.45, 2.75) is 56.9 Å². The number of hydrogen-bond acceptors (Lipinski definition) is 6. The van der Waals surface area contributed by atoms with Crippen molar-refractivity contribution in [2.75, 3.05) is 18.8 Å². The van der Waals surface area contributed by atoms with Crippen LogP contribution in [0.1, 0.15) is 47.3 Å². The van der Waals surface area contributed by atoms with E-state index in [4.69, 9.17) is 5.73 Å². The van der Waals surface area contributed by atoms with E-state index in [-0.39, 0.29) is 54.3 Å². The van der Waals surface area contributed by atoms with Crippen molar-refractivity contribution in [1.29, 1.82) is 0 Å². The van der Waals surface area contributed by atoms with E-state index >= 15 is 0 Å². The zero-order valence-corrected chi connectivity index (χ0v) is 21.2. The zero-order chi connectivity index (χ0) is 29.0. The van der Waals surface area contributed by atoms with Gasteiger partial charge in [0.25, 0.3) is 5.91 Å². The van der Waals surface area contributed by atoms with E-state index in [0.717, 1.165) is 16.9 Å². The minimum absolute atomic E-state index is 0.00894. The number of aromatic nitrogens is 4. The van der Waals surface area contributed by atoms with Gasteiger partial charge in [0.1, 0.15) is 18.0 Å². The second-order valence-electron chi connectivity index (χ2n) is 10.2. The fourth-order valence-corrected chi connectivity index (χ4v) is 5.26. The van der Waals surface area contributed by atoms with Crippen LogP contribution in [0.15, 0.2) is 24.7 Å². The number of aryl methyl sites for hydroxylation is 1. The van der Waals surface area contributed by atoms with Crippen LogP contribution in [0.3, 0.4) is 0 Å². The molecule has 0 bridgehead atoms. The fraction of sp³-hybridized carbons (Fsp3) is 0.480. The minimum Gasteiger partial charge on any atom is -0.382 e. The van der Waals surface area contributed by atoms with Gasteiger partial charge in [-0.1, -0.05) is 0 Å². The largest absolute Gasteiger partial charge is 0.418 e. The SMILES string of the molecule is Cc1ncc(-c2cc(C(F)(F)F)c3c(N)ncnn23)cc1C(=O)NC1CN(C(=O)C2CCC(F)(F)CC2)CC1F. The summed E-state index contributed by atoms with van der Waals surface area (Å²) in [6.07, 6.45) is -4.88. The molecule has 2 unspecified atom stereocenters. The first kappa shape index (κ1) is 27.6. The molecule has 9 nitrogen and oxygen atoms in total. The van der Waals surface area contributed by atoms with Crippen molar-refractivity contribution >= 4 is 23.1 Å². The first-order valence-electron chi connectivity index (χ1n) is 12.5. The molecule has 3 N–H and O–H groups in total. The fourth-order valence-electron chi connectivity index (χ4n) is 5.26. The number of anilines is 1. The summed E-state index contributed by atoms with van der Waals surface area (Å²) < 4.78 is 83.8. The minimum atomic E-state index is -4.76. The number of hydrogen-bond donors (Lipinski definition) is 2. The number of fused-ring (bicyclic) bond motifs is 1. The van der Waals surface area contributed by atoms with E-state index < -0.39 is 66.0 Å². The number of rotatable bonds is 4. The maximum atomic E-state index is 14.9. The van der Waals surface area contributed by atoms with Crippen LogP contribution in [0, 0.1) is 12.8 Å². The van der Waals surface area contributed by atoms with Crippen LogP contribution < -0.4 is 11.1 Å². The maximum absolute atomic E-state index is 14.9. The van der Waals surface area contributed by atoms with Crippen molar-refractivity contribution < 1.29 is 35.9 Å². The highest BCUT2D eigenvalue weighted by Gasteiger charge is 2.43. The van der Waals surface area contributed by atoms with Gasteiger partial charge in [-0.2, -0.15) is 18.3 Å². The van der Waals surface area contributed by atoms with Gasteiger partial charge in [-0.05, 0) is 31.9 Å². The molecule has 0 radical (unpaired) electrons. The first-order valence-corrected chi connectivity index (χ1v) is 12.5. The topological polar surface area (TPSA) is 119 Å². The maximum Gasteiger partial charge on any atom is 0.418 e. The Kier molecular flexibility index (Phi) is 6.86. The molecule has 0 spiro atoms. The molecule has 214 valence electrons. The van der Waals surface area contributed by atoms with Crippen LogP contribution >= 0.6 is 0 Å². The highest BCUT2D eigenvalue weighted by Crippen LogP contribution is 2.39. The van der Waals surface area contributed by atoms with Crippen molar-refractivity contribution in [3.63, 3.8) is 0 Å². The number of nitrogens with zero attached hydrogens (tertiary/aromatic N) is 5. The second-order valence-corrected chi connectivity index (χ2v) is 10.2. The molecule has 1 aliphatic heterocycles. The molecular formula is C25H25F6N7O2. The van der Waals surface area contributed by atoms with E-state index in [2.05, 4.69) is 20.4 Å². The Hall–Kier alpha value is -3.91. The Labute approximate surface area is 223 Å². The number of nitrogen functional groups attached to an aromatic ring is 1. The molecule has 3 aromatic rings. The lowest BCUT2D eigenvalue weighted by Gasteiger charge is -2.30. The van der Waals surface area contributed by atoms with Crippen LogP contribution in [0.2, 0.25) is 0 Å². The molecule has 1 saturated heterocycles. The molecule has 15 heteroatoms. The summed E-state index contributed by atoms with van der Waals surface area (Å²) >= 11 is 0. The third-order valence-corrected chi connectivity index (χ3v) is 7.46. The smallest absolute Gasteiger partial charge is 0.382 e. The Morgan fingerprint density at radius 2 is 1.82 bits per heavy atom. The van der Waals surface area contributed by atoms with Crippen LogP contribution in [-0.4, -0.2) is 67.5 Å². The number of halogens is 6. The van der Waals surface area contributed by atoms with Crippen LogP contribution in [-0.2, 0) is 11.0 Å². The monoisotopic (exact) mass is 569 g/mol. The van der Waals surface area contributed by atoms with E-state index in [1.54, 1.807) is 0 Å². The van der Waals surface area contributed by atoms with Crippen LogP contribution in [0.25, 0.3) is 16.8 Å². The molecule has 2 fully saturated rings. The zero-order valence-electron chi connectivity index (χ0n) is 21.2. The number of alkyl halides is 6. The molecule has 2 atom stereocenters. The molecule has 3 aromatic heterocycles. The van der Waals surface area contributed by atoms with Crippen LogP contribution in [0.4, 0.5) is 32.2 Å². The highest BCUT2D eigenvalue weighted by molar-refractivity contribution is 5.97. The average molecular weight is 570 g/mol. The Balaban J connectivity index is 1.36. The molecule has 2 aliphatic rings. The molecule has 1 aliphatic carbocycles. The van der Waals surface area contributed by atoms with Crippen LogP contribution in [0.5, 0.6) is 0 Å². The van der Waals surface area contributed by atoms with Crippen molar-refractivity contribution in [2.24, 2.45) is 5.92 Å². The average Bonchev–Trinajstić information content (AvgIpc) is 3.46. The quantitative estimate of drug-likeness (QED) is 0.462. The van der Waals surface area contributed by atoms with Crippen molar-refractivity contribution in [1.82, 2.24) is 29.8 Å². The molecular weight excluding hydrogens is 544 g/mol. The third-order valence-electron chi connectivity index (χ3n) is 7.46. The standard InChI is InChI=1S/C25H25F6N7O2/c1-12-15(6-14(8-33-12)19-7-16(25(29,30)31)20-21(32)34-11-35-38(19)20)22(39)36-18-10-37(9-17(18)26)23(40)13-2-4-24(27,28)5-3-13/h6-8,11,13,17-18H,2-5,9-10H2,1H3,(H,36,39)(H2,32,34,35). The predicted molar refractivity (Wildman–Crippen MR) is 130 cm³/mol. The van der Waals surface area contributed by atoms with Gasteiger partial charge in [0.05, 0.1) is 35.1 Å². The summed E-state index contributed by atoms with van der Waals surface area (Å²) in [7, 11) is 0. The number of nitrogens with one attached hydrogen (secondary N) is 1. The number of carbonyl (C=O) groups is 2. The third kappa shape index (κ3) is 5.16. The van der Waals surface area contributed by atoms with E-state index in [1.165, 1.54) is 24.1 Å². The predicted octanol–water partition coefficient (Wildman–Crippen LogP) is 3.80. The van der Waals surface area contributed by atoms with Gasteiger partial charge in [-0.25, -0.2) is 22.7 Å². The Morgan fingerprint density at radius 3 is 2.50 bits per heavy atom. The summed E-state index contributed by atoms with van der Waals surface area (Å²) in [5, 5.41) is 6.42. The van der Waals surface area contributed by atoms with Crippen molar-refractivity contribution in [3.8, 4) is 11.3 Å². The summed E-state index contributed by atoms with van der Waals surface area (Å²) in [6.45, 7) is 1.08. The molecule has 4 heterocycles. The lowest BCUT2D eigenvalue weighted by atomic mass is 9.86. The summed E-state index contributed by atoms with van der Waals surface area (Å²) in [4.78, 5) is 35.0. The van der Waals surface area contributed by atoms with Gasteiger partial charge in [0, 0.05) is 37.1 Å². The van der Waals surface area contributed by atoms with Gasteiger partial charge < -0.3 is 16.0 Å². The Bertz CT molecular complexity index is 1460. The van der Waals surface area contributed by atoms with Gasteiger partial charge >= 0.3 is 6.18 Å². The first-order chi connectivity index (χ1) is 18.7. The second kappa shape index (κ2) is 9.93. The number of likely N-dealkylation sites (tertiary alicyclic amines) is 1. The molecule has 0 aromatic carbocycles. The lowest BCUT2D eigenvalue weighted by Crippen LogP contribution is -2.43. The molecule has 1 saturated carbocycles. The summed E-state index contributed by atoms with van der Waals surface area (Å²) in [6, 6.07) is 1.07. The summed E-state index contributed by atoms with van der Waals surface area (Å²) in [5.74, 6) is -4.97. The van der Waals surface area contributed by atoms with Gasteiger partial charge in [-0.15, -0.1) is 0 Å². The molecule has 5 rings (SSSR count). The van der Waals surface area contributed by atoms with Gasteiger partial charge in [0.15, 0.2) is 5.82 Å². The molecule has 40 heavy (non-hydrogen) atoms. The van der Waals surface area contributed by atoms with Crippen molar-refractivity contribution in [3.05, 3.63) is 41.5 Å². The molecule has 2 amide bonds.